The van der Waals surface area contributed by atoms with Gasteiger partial charge in [0.2, 0.25) is 5.91 Å². The third kappa shape index (κ3) is 3.87. The number of amides is 2. The molecule has 0 atom stereocenters. The number of rotatable bonds is 3. The number of aliphatic hydroxyl groups excluding tert-OH is 1. The molecule has 0 aromatic rings. The van der Waals surface area contributed by atoms with Crippen LogP contribution in [0, 0.1) is 0 Å². The highest BCUT2D eigenvalue weighted by molar-refractivity contribution is 5.77. The van der Waals surface area contributed by atoms with Gasteiger partial charge in [0.05, 0.1) is 6.10 Å². The topological polar surface area (TPSA) is 70.1 Å². The first kappa shape index (κ1) is 14.8. The van der Waals surface area contributed by atoms with E-state index in [1.165, 1.54) is 0 Å². The van der Waals surface area contributed by atoms with E-state index in [2.05, 4.69) is 0 Å². The van der Waals surface area contributed by atoms with Crippen LogP contribution in [0.1, 0.15) is 26.7 Å². The summed E-state index contributed by atoms with van der Waals surface area (Å²) in [6, 6.07) is 0.0963. The van der Waals surface area contributed by atoms with Gasteiger partial charge in [-0.15, -0.1) is 0 Å². The van der Waals surface area contributed by atoms with Gasteiger partial charge in [-0.2, -0.15) is 0 Å². The minimum atomic E-state index is -0.449. The Morgan fingerprint density at radius 2 is 1.94 bits per heavy atom. The Hall–Kier alpha value is -1.30. The first-order valence-electron chi connectivity index (χ1n) is 6.27. The van der Waals surface area contributed by atoms with Gasteiger partial charge < -0.3 is 19.6 Å². The zero-order valence-corrected chi connectivity index (χ0v) is 11.3. The highest BCUT2D eigenvalue weighted by Gasteiger charge is 2.28. The van der Waals surface area contributed by atoms with Crippen LogP contribution in [-0.4, -0.2) is 65.8 Å². The molecule has 104 valence electrons. The third-order valence-corrected chi connectivity index (χ3v) is 3.12. The minimum Gasteiger partial charge on any atom is -0.447 e. The second-order valence-electron chi connectivity index (χ2n) is 4.81. The van der Waals surface area contributed by atoms with Gasteiger partial charge in [-0.25, -0.2) is 4.79 Å². The van der Waals surface area contributed by atoms with Crippen molar-refractivity contribution in [1.29, 1.82) is 0 Å². The summed E-state index contributed by atoms with van der Waals surface area (Å²) in [5, 5.41) is 8.77. The van der Waals surface area contributed by atoms with Gasteiger partial charge in [0.25, 0.3) is 0 Å². The van der Waals surface area contributed by atoms with E-state index < -0.39 is 6.61 Å². The fourth-order valence-corrected chi connectivity index (χ4v) is 2.04. The van der Waals surface area contributed by atoms with E-state index in [0.717, 1.165) is 12.8 Å². The van der Waals surface area contributed by atoms with Crippen LogP contribution < -0.4 is 0 Å². The molecule has 1 aliphatic heterocycles. The Kier molecular flexibility index (Phi) is 5.40. The van der Waals surface area contributed by atoms with Crippen LogP contribution in [0.5, 0.6) is 0 Å². The molecule has 0 saturated carbocycles. The Morgan fingerprint density at radius 1 is 1.39 bits per heavy atom. The van der Waals surface area contributed by atoms with Crippen LogP contribution in [-0.2, 0) is 9.53 Å². The molecule has 0 bridgehead atoms. The molecule has 1 fully saturated rings. The smallest absolute Gasteiger partial charge is 0.410 e. The number of hydrogen-bond acceptors (Lipinski definition) is 4. The summed E-state index contributed by atoms with van der Waals surface area (Å²) in [6.45, 7) is 4.32. The maximum atomic E-state index is 11.7. The average Bonchev–Trinajstić information content (AvgIpc) is 2.36. The molecule has 6 nitrogen and oxygen atoms in total. The van der Waals surface area contributed by atoms with Gasteiger partial charge in [0.15, 0.2) is 0 Å². The lowest BCUT2D eigenvalue weighted by atomic mass is 10.0. The minimum absolute atomic E-state index is 0.0963. The molecule has 6 heteroatoms. The van der Waals surface area contributed by atoms with E-state index >= 15 is 0 Å². The fraction of sp³-hybridized carbons (Fsp3) is 0.833. The summed E-state index contributed by atoms with van der Waals surface area (Å²) in [5.74, 6) is -0.249. The SMILES string of the molecule is CC(C)OC(=O)N(C)C1CCN(C(=O)CO)CC1. The highest BCUT2D eigenvalue weighted by Crippen LogP contribution is 2.16. The lowest BCUT2D eigenvalue weighted by Gasteiger charge is -2.36. The maximum Gasteiger partial charge on any atom is 0.410 e. The predicted molar refractivity (Wildman–Crippen MR) is 66.1 cm³/mol. The molecule has 1 aliphatic rings. The van der Waals surface area contributed by atoms with Crippen molar-refractivity contribution in [3.05, 3.63) is 0 Å². The number of aliphatic hydroxyl groups is 1. The molecule has 0 unspecified atom stereocenters. The van der Waals surface area contributed by atoms with E-state index in [-0.39, 0.29) is 24.1 Å². The van der Waals surface area contributed by atoms with Crippen LogP contribution in [0.4, 0.5) is 4.79 Å². The van der Waals surface area contributed by atoms with Crippen LogP contribution in [0.25, 0.3) is 0 Å². The number of likely N-dealkylation sites (tertiary alicyclic amines) is 1. The highest BCUT2D eigenvalue weighted by atomic mass is 16.6. The number of carbonyl (C=O) groups excluding carboxylic acids is 2. The Morgan fingerprint density at radius 3 is 2.39 bits per heavy atom. The van der Waals surface area contributed by atoms with Gasteiger partial charge in [-0.05, 0) is 26.7 Å². The monoisotopic (exact) mass is 258 g/mol. The van der Waals surface area contributed by atoms with Crippen molar-refractivity contribution in [2.45, 2.75) is 38.8 Å². The summed E-state index contributed by atoms with van der Waals surface area (Å²) in [7, 11) is 1.72. The van der Waals surface area contributed by atoms with E-state index in [1.807, 2.05) is 13.8 Å². The first-order valence-corrected chi connectivity index (χ1v) is 6.27. The van der Waals surface area contributed by atoms with Crippen LogP contribution in [0.15, 0.2) is 0 Å². The van der Waals surface area contributed by atoms with Crippen LogP contribution in [0.3, 0.4) is 0 Å². The molecular formula is C12H22N2O4. The van der Waals surface area contributed by atoms with Crippen LogP contribution in [0.2, 0.25) is 0 Å². The number of nitrogens with zero attached hydrogens (tertiary/aromatic N) is 2. The van der Waals surface area contributed by atoms with E-state index in [4.69, 9.17) is 9.84 Å². The van der Waals surface area contributed by atoms with Crippen molar-refractivity contribution in [3.63, 3.8) is 0 Å². The molecule has 1 heterocycles. The fourth-order valence-electron chi connectivity index (χ4n) is 2.04. The molecule has 1 rings (SSSR count). The molecule has 1 N–H and O–H groups in total. The summed E-state index contributed by atoms with van der Waals surface area (Å²) in [6.07, 6.45) is 0.984. The Balaban J connectivity index is 2.42. The van der Waals surface area contributed by atoms with Crippen molar-refractivity contribution in [3.8, 4) is 0 Å². The molecule has 0 aliphatic carbocycles. The second-order valence-corrected chi connectivity index (χ2v) is 4.81. The van der Waals surface area contributed by atoms with Crippen molar-refractivity contribution in [2.24, 2.45) is 0 Å². The van der Waals surface area contributed by atoms with Crippen LogP contribution >= 0.6 is 0 Å². The third-order valence-electron chi connectivity index (χ3n) is 3.12. The van der Waals surface area contributed by atoms with Crippen molar-refractivity contribution < 1.29 is 19.4 Å². The van der Waals surface area contributed by atoms with Gasteiger partial charge >= 0.3 is 6.09 Å². The largest absolute Gasteiger partial charge is 0.447 e. The van der Waals surface area contributed by atoms with Crippen molar-refractivity contribution in [2.75, 3.05) is 26.7 Å². The second kappa shape index (κ2) is 6.58. The van der Waals surface area contributed by atoms with Gasteiger partial charge in [0.1, 0.15) is 6.61 Å². The maximum absolute atomic E-state index is 11.7. The molecule has 1 saturated heterocycles. The number of piperidine rings is 1. The van der Waals surface area contributed by atoms with Gasteiger partial charge in [-0.3, -0.25) is 4.79 Å². The van der Waals surface area contributed by atoms with Gasteiger partial charge in [0, 0.05) is 26.2 Å². The standard InChI is InChI=1S/C12H22N2O4/c1-9(2)18-12(17)13(3)10-4-6-14(7-5-10)11(16)8-15/h9-10,15H,4-8H2,1-3H3. The zero-order chi connectivity index (χ0) is 13.7. The Labute approximate surface area is 107 Å². The first-order chi connectivity index (χ1) is 8.45. The molecule has 0 aromatic heterocycles. The number of hydrogen-bond donors (Lipinski definition) is 1. The van der Waals surface area contributed by atoms with Crippen molar-refractivity contribution in [1.82, 2.24) is 9.80 Å². The van der Waals surface area contributed by atoms with E-state index in [0.29, 0.717) is 13.1 Å². The van der Waals surface area contributed by atoms with E-state index in [9.17, 15) is 9.59 Å². The molecule has 0 spiro atoms. The molecular weight excluding hydrogens is 236 g/mol. The summed E-state index contributed by atoms with van der Waals surface area (Å²) >= 11 is 0. The molecule has 2 amide bonds. The lowest BCUT2D eigenvalue weighted by Crippen LogP contribution is -2.48. The lowest BCUT2D eigenvalue weighted by molar-refractivity contribution is -0.135. The summed E-state index contributed by atoms with van der Waals surface area (Å²) in [5.41, 5.74) is 0. The normalized spacial score (nSPS) is 16.8. The van der Waals surface area contributed by atoms with Gasteiger partial charge in [-0.1, -0.05) is 0 Å². The number of carbonyl (C=O) groups is 2. The molecule has 18 heavy (non-hydrogen) atoms. The molecule has 0 radical (unpaired) electrons. The quantitative estimate of drug-likeness (QED) is 0.797. The molecule has 0 aromatic carbocycles. The zero-order valence-electron chi connectivity index (χ0n) is 11.3. The predicted octanol–water partition coefficient (Wildman–Crippen LogP) is 0.446. The number of ether oxygens (including phenoxy) is 1. The Bertz CT molecular complexity index is 298. The summed E-state index contributed by atoms with van der Waals surface area (Å²) < 4.78 is 5.13. The van der Waals surface area contributed by atoms with Crippen molar-refractivity contribution >= 4 is 12.0 Å². The summed E-state index contributed by atoms with van der Waals surface area (Å²) in [4.78, 5) is 26.2. The average molecular weight is 258 g/mol. The van der Waals surface area contributed by atoms with E-state index in [1.54, 1.807) is 16.8 Å².